The van der Waals surface area contributed by atoms with Crippen LogP contribution in [0, 0.1) is 5.92 Å². The maximum atomic E-state index is 11.0. The molecule has 1 atom stereocenters. The second kappa shape index (κ2) is 9.82. The minimum Gasteiger partial charge on any atom is -0.385 e. The maximum Gasteiger partial charge on any atom is 0.112 e. The minimum atomic E-state index is -0.973. The molecule has 0 aromatic heterocycles. The van der Waals surface area contributed by atoms with E-state index in [-0.39, 0.29) is 0 Å². The second-order valence-electron chi connectivity index (χ2n) is 8.40. The lowest BCUT2D eigenvalue weighted by molar-refractivity contribution is 0.102. The van der Waals surface area contributed by atoms with Gasteiger partial charge in [-0.3, -0.25) is 4.72 Å². The summed E-state index contributed by atoms with van der Waals surface area (Å²) in [7, 11) is 0. The van der Waals surface area contributed by atoms with Gasteiger partial charge >= 0.3 is 0 Å². The monoisotopic (exact) mass is 398 g/mol. The Hall–Kier alpha value is -1.49. The van der Waals surface area contributed by atoms with Crippen molar-refractivity contribution in [3.05, 3.63) is 65.7 Å². The van der Waals surface area contributed by atoms with Crippen LogP contribution in [0.1, 0.15) is 57.6 Å². The number of rotatable bonds is 8. The molecule has 3 N–H and O–H groups in total. The largest absolute Gasteiger partial charge is 0.385 e. The number of hydrogen-bond donors (Lipinski definition) is 3. The maximum absolute atomic E-state index is 11.0. The van der Waals surface area contributed by atoms with Crippen molar-refractivity contribution in [2.75, 3.05) is 11.9 Å². The molecule has 1 fully saturated rings. The third-order valence-corrected chi connectivity index (χ3v) is 6.64. The fraction of sp³-hybridized carbons (Fsp3) is 0.500. The number of anilines is 1. The zero-order valence-electron chi connectivity index (χ0n) is 17.3. The molecule has 0 heterocycles. The molecule has 0 radical (unpaired) electrons. The zero-order valence-corrected chi connectivity index (χ0v) is 18.1. The third-order valence-electron chi connectivity index (χ3n) is 5.69. The molecule has 0 bridgehead atoms. The summed E-state index contributed by atoms with van der Waals surface area (Å²) >= 11 is 1.86. The lowest BCUT2D eigenvalue weighted by Gasteiger charge is -2.29. The summed E-state index contributed by atoms with van der Waals surface area (Å²) in [6, 6.07) is 18.7. The normalized spacial score (nSPS) is 22.0. The van der Waals surface area contributed by atoms with E-state index in [1.165, 1.54) is 25.7 Å². The topological polar surface area (TPSA) is 44.3 Å². The molecule has 1 aliphatic rings. The second-order valence-corrected chi connectivity index (χ2v) is 9.81. The summed E-state index contributed by atoms with van der Waals surface area (Å²) < 4.78 is 3.62. The molecule has 0 amide bonds. The average molecular weight is 399 g/mol. The molecule has 2 aromatic carbocycles. The molecular formula is C24H34N2OS. The van der Waals surface area contributed by atoms with E-state index in [0.717, 1.165) is 29.3 Å². The standard InChI is InChI=1S/C24H34N2OS/c1-18(2)28-26-23-13-9-19(10-14-23)17-25-22-15-11-21(12-16-22)24(3,27)20-7-5-4-6-8-20/h4-8,11-12,15-16,18-19,23,25-27H,9-10,13-14,17H2,1-3H3/t19-,23-,24?. The molecule has 152 valence electrons. The Bertz CT molecular complexity index is 707. The predicted octanol–water partition coefficient (Wildman–Crippen LogP) is 5.56. The van der Waals surface area contributed by atoms with Crippen molar-refractivity contribution in [3.63, 3.8) is 0 Å². The number of nitrogens with one attached hydrogen (secondary N) is 2. The van der Waals surface area contributed by atoms with Gasteiger partial charge in [-0.2, -0.15) is 0 Å². The van der Waals surface area contributed by atoms with E-state index in [9.17, 15) is 5.11 Å². The van der Waals surface area contributed by atoms with Crippen molar-refractivity contribution in [2.45, 2.75) is 63.3 Å². The first-order valence-corrected chi connectivity index (χ1v) is 11.4. The van der Waals surface area contributed by atoms with Crippen LogP contribution < -0.4 is 10.0 Å². The number of benzene rings is 2. The Labute approximate surface area is 174 Å². The number of hydrogen-bond acceptors (Lipinski definition) is 4. The van der Waals surface area contributed by atoms with Crippen LogP contribution in [0.3, 0.4) is 0 Å². The van der Waals surface area contributed by atoms with Crippen LogP contribution in [0.15, 0.2) is 54.6 Å². The molecule has 1 unspecified atom stereocenters. The fourth-order valence-electron chi connectivity index (χ4n) is 3.82. The van der Waals surface area contributed by atoms with E-state index >= 15 is 0 Å². The van der Waals surface area contributed by atoms with Crippen molar-refractivity contribution >= 4 is 17.6 Å². The molecule has 28 heavy (non-hydrogen) atoms. The zero-order chi connectivity index (χ0) is 20.0. The van der Waals surface area contributed by atoms with Crippen LogP contribution in [-0.2, 0) is 5.60 Å². The molecule has 0 spiro atoms. The Morgan fingerprint density at radius 1 is 0.964 bits per heavy atom. The van der Waals surface area contributed by atoms with Crippen molar-refractivity contribution in [1.82, 2.24) is 4.72 Å². The molecular weight excluding hydrogens is 364 g/mol. The predicted molar refractivity (Wildman–Crippen MR) is 122 cm³/mol. The first-order chi connectivity index (χ1) is 13.4. The van der Waals surface area contributed by atoms with E-state index in [4.69, 9.17) is 0 Å². The van der Waals surface area contributed by atoms with E-state index in [1.54, 1.807) is 0 Å². The summed E-state index contributed by atoms with van der Waals surface area (Å²) in [5.74, 6) is 0.745. The van der Waals surface area contributed by atoms with Gasteiger partial charge in [-0.25, -0.2) is 0 Å². The van der Waals surface area contributed by atoms with Gasteiger partial charge in [-0.1, -0.05) is 68.3 Å². The van der Waals surface area contributed by atoms with Gasteiger partial charge in [0.25, 0.3) is 0 Å². The summed E-state index contributed by atoms with van der Waals surface area (Å²) in [4.78, 5) is 0. The lowest BCUT2D eigenvalue weighted by atomic mass is 9.86. The molecule has 2 aromatic rings. The van der Waals surface area contributed by atoms with Crippen LogP contribution in [0.25, 0.3) is 0 Å². The Balaban J connectivity index is 1.48. The average Bonchev–Trinajstić information content (AvgIpc) is 2.72. The van der Waals surface area contributed by atoms with Crippen molar-refractivity contribution in [3.8, 4) is 0 Å². The summed E-state index contributed by atoms with van der Waals surface area (Å²) in [6.45, 7) is 7.35. The van der Waals surface area contributed by atoms with Gasteiger partial charge in [0.15, 0.2) is 0 Å². The van der Waals surface area contributed by atoms with Crippen molar-refractivity contribution < 1.29 is 5.11 Å². The van der Waals surface area contributed by atoms with Gasteiger partial charge in [0.2, 0.25) is 0 Å². The van der Waals surface area contributed by atoms with E-state index < -0.39 is 5.60 Å². The van der Waals surface area contributed by atoms with Gasteiger partial charge in [-0.15, -0.1) is 0 Å². The van der Waals surface area contributed by atoms with Gasteiger partial charge < -0.3 is 10.4 Å². The Morgan fingerprint density at radius 2 is 1.57 bits per heavy atom. The van der Waals surface area contributed by atoms with Crippen molar-refractivity contribution in [2.24, 2.45) is 5.92 Å². The SMILES string of the molecule is CC(C)SN[C@H]1CC[C@H](CNc2ccc(C(C)(O)c3ccccc3)cc2)CC1. The molecule has 0 aliphatic heterocycles. The smallest absolute Gasteiger partial charge is 0.112 e. The van der Waals surface area contributed by atoms with E-state index in [2.05, 4.69) is 36.0 Å². The summed E-state index contributed by atoms with van der Waals surface area (Å²) in [6.07, 6.45) is 5.10. The Morgan fingerprint density at radius 3 is 2.18 bits per heavy atom. The quantitative estimate of drug-likeness (QED) is 0.509. The highest BCUT2D eigenvalue weighted by atomic mass is 32.2. The van der Waals surface area contributed by atoms with Crippen LogP contribution in [-0.4, -0.2) is 22.9 Å². The summed E-state index contributed by atoms with van der Waals surface area (Å²) in [5.41, 5.74) is 1.98. The number of aliphatic hydroxyl groups is 1. The van der Waals surface area contributed by atoms with Gasteiger partial charge in [-0.05, 0) is 61.8 Å². The molecule has 3 rings (SSSR count). The molecule has 4 heteroatoms. The highest BCUT2D eigenvalue weighted by molar-refractivity contribution is 7.98. The van der Waals surface area contributed by atoms with Crippen LogP contribution in [0.4, 0.5) is 5.69 Å². The van der Waals surface area contributed by atoms with E-state index in [0.29, 0.717) is 11.3 Å². The first kappa shape index (κ1) is 21.2. The highest BCUT2D eigenvalue weighted by Crippen LogP contribution is 2.30. The summed E-state index contributed by atoms with van der Waals surface area (Å²) in [5, 5.41) is 15.2. The fourth-order valence-corrected chi connectivity index (χ4v) is 4.52. The third kappa shape index (κ3) is 5.76. The van der Waals surface area contributed by atoms with Gasteiger partial charge in [0, 0.05) is 23.5 Å². The molecule has 3 nitrogen and oxygen atoms in total. The molecule has 1 aliphatic carbocycles. The molecule has 1 saturated carbocycles. The van der Waals surface area contributed by atoms with E-state index in [1.807, 2.05) is 61.3 Å². The van der Waals surface area contributed by atoms with Gasteiger partial charge in [0.05, 0.1) is 0 Å². The Kier molecular flexibility index (Phi) is 7.44. The minimum absolute atomic E-state index is 0.644. The molecule has 0 saturated heterocycles. The highest BCUT2D eigenvalue weighted by Gasteiger charge is 2.25. The first-order valence-electron chi connectivity index (χ1n) is 10.5. The van der Waals surface area contributed by atoms with Crippen LogP contribution in [0.2, 0.25) is 0 Å². The lowest BCUT2D eigenvalue weighted by Crippen LogP contribution is -2.31. The van der Waals surface area contributed by atoms with Crippen LogP contribution >= 0.6 is 11.9 Å². The van der Waals surface area contributed by atoms with Crippen LogP contribution in [0.5, 0.6) is 0 Å². The van der Waals surface area contributed by atoms with Crippen molar-refractivity contribution in [1.29, 1.82) is 0 Å². The van der Waals surface area contributed by atoms with Gasteiger partial charge in [0.1, 0.15) is 5.60 Å².